The van der Waals surface area contributed by atoms with E-state index >= 15 is 0 Å². The van der Waals surface area contributed by atoms with Crippen LogP contribution >= 0.6 is 0 Å². The van der Waals surface area contributed by atoms with Crippen LogP contribution in [0.5, 0.6) is 0 Å². The van der Waals surface area contributed by atoms with Gasteiger partial charge in [-0.2, -0.15) is 0 Å². The average molecular weight is 226 g/mol. The number of hydrogen-bond acceptors (Lipinski definition) is 2. The van der Waals surface area contributed by atoms with E-state index in [-0.39, 0.29) is 0 Å². The molecule has 0 amide bonds. The normalized spacial score (nSPS) is 21.4. The van der Waals surface area contributed by atoms with Gasteiger partial charge in [0, 0.05) is 31.7 Å². The summed E-state index contributed by atoms with van der Waals surface area (Å²) in [6.07, 6.45) is 2.56. The highest BCUT2D eigenvalue weighted by Gasteiger charge is 2.33. The predicted octanol–water partition coefficient (Wildman–Crippen LogP) is 2.84. The Labute approximate surface area is 102 Å². The molecule has 1 saturated heterocycles. The van der Waals surface area contributed by atoms with Gasteiger partial charge in [-0.15, -0.1) is 0 Å². The van der Waals surface area contributed by atoms with Gasteiger partial charge in [0.05, 0.1) is 0 Å². The Morgan fingerprint density at radius 3 is 1.88 bits per heavy atom. The Morgan fingerprint density at radius 2 is 1.44 bits per heavy atom. The minimum atomic E-state index is 0.348. The lowest BCUT2D eigenvalue weighted by Crippen LogP contribution is -2.54. The fourth-order valence-electron chi connectivity index (χ4n) is 2.82. The first kappa shape index (κ1) is 14.0. The Hall–Kier alpha value is -0.0800. The third-order valence-electron chi connectivity index (χ3n) is 4.23. The van der Waals surface area contributed by atoms with Crippen molar-refractivity contribution in [2.75, 3.05) is 33.2 Å². The van der Waals surface area contributed by atoms with Crippen LogP contribution in [-0.2, 0) is 0 Å². The summed E-state index contributed by atoms with van der Waals surface area (Å²) in [6.45, 7) is 16.8. The molecular formula is C14H30N2. The lowest BCUT2D eigenvalue weighted by molar-refractivity contribution is 0.0316. The van der Waals surface area contributed by atoms with Gasteiger partial charge in [-0.1, -0.05) is 27.2 Å². The van der Waals surface area contributed by atoms with Crippen molar-refractivity contribution in [3.63, 3.8) is 0 Å². The van der Waals surface area contributed by atoms with E-state index in [4.69, 9.17) is 0 Å². The lowest BCUT2D eigenvalue weighted by Gasteiger charge is -2.46. The minimum absolute atomic E-state index is 0.348. The van der Waals surface area contributed by atoms with Gasteiger partial charge < -0.3 is 4.90 Å². The van der Waals surface area contributed by atoms with Crippen molar-refractivity contribution in [3.8, 4) is 0 Å². The third-order valence-corrected chi connectivity index (χ3v) is 4.23. The van der Waals surface area contributed by atoms with Gasteiger partial charge in [-0.05, 0) is 32.7 Å². The first-order valence-corrected chi connectivity index (χ1v) is 6.70. The molecule has 0 saturated carbocycles. The zero-order valence-electron chi connectivity index (χ0n) is 12.1. The maximum atomic E-state index is 2.67. The molecule has 16 heavy (non-hydrogen) atoms. The standard InChI is InChI=1S/C14H30N2/c1-7-13(2,3)12-14(4,5)16-10-8-15(6)9-11-16/h7-12H2,1-6H3. The van der Waals surface area contributed by atoms with Crippen LogP contribution < -0.4 is 0 Å². The number of nitrogens with zero attached hydrogens (tertiary/aromatic N) is 2. The highest BCUT2D eigenvalue weighted by Crippen LogP contribution is 2.34. The highest BCUT2D eigenvalue weighted by atomic mass is 15.3. The van der Waals surface area contributed by atoms with Gasteiger partial charge >= 0.3 is 0 Å². The van der Waals surface area contributed by atoms with Gasteiger partial charge in [-0.25, -0.2) is 0 Å². The second-order valence-electron chi connectivity index (χ2n) is 6.80. The first-order chi connectivity index (χ1) is 7.27. The van der Waals surface area contributed by atoms with Gasteiger partial charge in [0.15, 0.2) is 0 Å². The SMILES string of the molecule is CCC(C)(C)CC(C)(C)N1CCN(C)CC1. The van der Waals surface area contributed by atoms with Gasteiger partial charge in [-0.3, -0.25) is 4.90 Å². The molecule has 96 valence electrons. The van der Waals surface area contributed by atoms with E-state index in [0.717, 1.165) is 0 Å². The van der Waals surface area contributed by atoms with Crippen LogP contribution in [-0.4, -0.2) is 48.6 Å². The van der Waals surface area contributed by atoms with Gasteiger partial charge in [0.25, 0.3) is 0 Å². The van der Waals surface area contributed by atoms with Crippen LogP contribution in [0, 0.1) is 5.41 Å². The van der Waals surface area contributed by atoms with E-state index in [0.29, 0.717) is 11.0 Å². The van der Waals surface area contributed by atoms with Gasteiger partial charge in [0.1, 0.15) is 0 Å². The molecule has 0 aromatic heterocycles. The molecule has 2 nitrogen and oxygen atoms in total. The second-order valence-corrected chi connectivity index (χ2v) is 6.80. The number of rotatable bonds is 4. The van der Waals surface area contributed by atoms with E-state index in [2.05, 4.69) is 51.5 Å². The third kappa shape index (κ3) is 3.74. The summed E-state index contributed by atoms with van der Waals surface area (Å²) in [5, 5.41) is 0. The van der Waals surface area contributed by atoms with Crippen molar-refractivity contribution in [2.24, 2.45) is 5.41 Å². The van der Waals surface area contributed by atoms with E-state index in [9.17, 15) is 0 Å². The van der Waals surface area contributed by atoms with Crippen LogP contribution in [0.1, 0.15) is 47.5 Å². The molecule has 1 rings (SSSR count). The molecule has 0 radical (unpaired) electrons. The topological polar surface area (TPSA) is 6.48 Å². The van der Waals surface area contributed by atoms with Gasteiger partial charge in [0.2, 0.25) is 0 Å². The molecule has 1 fully saturated rings. The highest BCUT2D eigenvalue weighted by molar-refractivity contribution is 4.89. The summed E-state index contributed by atoms with van der Waals surface area (Å²) in [4.78, 5) is 5.10. The molecule has 0 spiro atoms. The minimum Gasteiger partial charge on any atom is -0.304 e. The molecule has 0 atom stereocenters. The van der Waals surface area contributed by atoms with Crippen LogP contribution in [0.25, 0.3) is 0 Å². The summed E-state index contributed by atoms with van der Waals surface area (Å²) in [5.41, 5.74) is 0.813. The van der Waals surface area contributed by atoms with E-state index in [1.54, 1.807) is 0 Å². The van der Waals surface area contributed by atoms with E-state index in [1.165, 1.54) is 39.0 Å². The summed E-state index contributed by atoms with van der Waals surface area (Å²) < 4.78 is 0. The molecule has 2 heteroatoms. The van der Waals surface area contributed by atoms with E-state index < -0.39 is 0 Å². The van der Waals surface area contributed by atoms with Crippen molar-refractivity contribution < 1.29 is 0 Å². The second kappa shape index (κ2) is 5.05. The molecule has 1 heterocycles. The van der Waals surface area contributed by atoms with E-state index in [1.807, 2.05) is 0 Å². The molecule has 1 aliphatic heterocycles. The average Bonchev–Trinajstić information content (AvgIpc) is 2.17. The molecule has 0 aliphatic carbocycles. The van der Waals surface area contributed by atoms with Crippen molar-refractivity contribution in [3.05, 3.63) is 0 Å². The zero-order chi connectivity index (χ0) is 12.4. The van der Waals surface area contributed by atoms with Crippen LogP contribution in [0.3, 0.4) is 0 Å². The van der Waals surface area contributed by atoms with Crippen molar-refractivity contribution >= 4 is 0 Å². The molecule has 0 unspecified atom stereocenters. The largest absolute Gasteiger partial charge is 0.304 e. The van der Waals surface area contributed by atoms with Crippen molar-refractivity contribution in [1.82, 2.24) is 9.80 Å². The quantitative estimate of drug-likeness (QED) is 0.727. The van der Waals surface area contributed by atoms with Crippen LogP contribution in [0.4, 0.5) is 0 Å². The monoisotopic (exact) mass is 226 g/mol. The summed E-state index contributed by atoms with van der Waals surface area (Å²) in [7, 11) is 2.22. The Balaban J connectivity index is 2.56. The number of hydrogen-bond donors (Lipinski definition) is 0. The number of piperazine rings is 1. The maximum absolute atomic E-state index is 2.67. The summed E-state index contributed by atoms with van der Waals surface area (Å²) >= 11 is 0. The fourth-order valence-corrected chi connectivity index (χ4v) is 2.82. The molecule has 1 aliphatic rings. The smallest absolute Gasteiger partial charge is 0.0159 e. The molecular weight excluding hydrogens is 196 g/mol. The number of likely N-dealkylation sites (N-methyl/N-ethyl adjacent to an activating group) is 1. The van der Waals surface area contributed by atoms with Crippen molar-refractivity contribution in [2.45, 2.75) is 53.0 Å². The van der Waals surface area contributed by atoms with Crippen LogP contribution in [0.2, 0.25) is 0 Å². The molecule has 0 aromatic carbocycles. The van der Waals surface area contributed by atoms with Crippen molar-refractivity contribution in [1.29, 1.82) is 0 Å². The Kier molecular flexibility index (Phi) is 4.42. The summed E-state index contributed by atoms with van der Waals surface area (Å²) in [5.74, 6) is 0. The molecule has 0 N–H and O–H groups in total. The lowest BCUT2D eigenvalue weighted by atomic mass is 9.77. The predicted molar refractivity (Wildman–Crippen MR) is 71.8 cm³/mol. The summed E-state index contributed by atoms with van der Waals surface area (Å²) in [6, 6.07) is 0. The Morgan fingerprint density at radius 1 is 0.938 bits per heavy atom. The van der Waals surface area contributed by atoms with Crippen LogP contribution in [0.15, 0.2) is 0 Å². The first-order valence-electron chi connectivity index (χ1n) is 6.70. The fraction of sp³-hybridized carbons (Fsp3) is 1.00. The molecule has 0 aromatic rings. The Bertz CT molecular complexity index is 213. The molecule has 0 bridgehead atoms. The maximum Gasteiger partial charge on any atom is 0.0159 e. The zero-order valence-corrected chi connectivity index (χ0v) is 12.1.